The normalized spacial score (nSPS) is 10.8. The van der Waals surface area contributed by atoms with E-state index in [9.17, 15) is 9.59 Å². The van der Waals surface area contributed by atoms with Gasteiger partial charge in [0.05, 0.1) is 23.8 Å². The summed E-state index contributed by atoms with van der Waals surface area (Å²) in [6.45, 7) is 2.61. The Balaban J connectivity index is 1.42. The molecule has 0 aliphatic rings. The number of hydrogen-bond acceptors (Lipinski definition) is 4. The predicted octanol–water partition coefficient (Wildman–Crippen LogP) is 4.35. The van der Waals surface area contributed by atoms with Gasteiger partial charge in [-0.2, -0.15) is 0 Å². The van der Waals surface area contributed by atoms with Crippen LogP contribution in [0.15, 0.2) is 72.8 Å². The predicted molar refractivity (Wildman–Crippen MR) is 133 cm³/mol. The third-order valence-corrected chi connectivity index (χ3v) is 5.56. The van der Waals surface area contributed by atoms with Crippen LogP contribution in [-0.4, -0.2) is 35.0 Å². The van der Waals surface area contributed by atoms with E-state index < -0.39 is 0 Å². The van der Waals surface area contributed by atoms with Crippen LogP contribution in [0.3, 0.4) is 0 Å². The number of amides is 2. The molecule has 4 aromatic rings. The van der Waals surface area contributed by atoms with E-state index in [4.69, 9.17) is 9.72 Å². The van der Waals surface area contributed by atoms with E-state index in [2.05, 4.69) is 10.6 Å². The lowest BCUT2D eigenvalue weighted by Gasteiger charge is -2.12. The maximum atomic E-state index is 12.9. The summed E-state index contributed by atoms with van der Waals surface area (Å²) in [6.07, 6.45) is 1.33. The molecule has 4 rings (SSSR count). The number of aryl methyl sites for hydroxylation is 2. The molecule has 0 aliphatic carbocycles. The average molecular weight is 457 g/mol. The molecule has 7 heteroatoms. The maximum Gasteiger partial charge on any atom is 0.251 e. The minimum atomic E-state index is -0.165. The Morgan fingerprint density at radius 2 is 1.79 bits per heavy atom. The van der Waals surface area contributed by atoms with Gasteiger partial charge in [0, 0.05) is 18.5 Å². The molecule has 0 bridgehead atoms. The van der Waals surface area contributed by atoms with E-state index in [0.717, 1.165) is 22.4 Å². The zero-order valence-electron chi connectivity index (χ0n) is 19.4. The van der Waals surface area contributed by atoms with Gasteiger partial charge in [0.2, 0.25) is 5.91 Å². The van der Waals surface area contributed by atoms with Crippen molar-refractivity contribution in [3.05, 3.63) is 89.7 Å². The minimum Gasteiger partial charge on any atom is -0.495 e. The monoisotopic (exact) mass is 456 g/mol. The molecule has 7 nitrogen and oxygen atoms in total. The molecule has 0 saturated heterocycles. The van der Waals surface area contributed by atoms with Crippen LogP contribution in [0.1, 0.15) is 28.2 Å². The molecule has 0 saturated carbocycles. The molecule has 2 N–H and O–H groups in total. The summed E-state index contributed by atoms with van der Waals surface area (Å²) in [6, 6.07) is 22.6. The minimum absolute atomic E-state index is 0.0895. The van der Waals surface area contributed by atoms with Crippen molar-refractivity contribution in [2.45, 2.75) is 26.3 Å². The number of ether oxygens (including phenoxy) is 1. The van der Waals surface area contributed by atoms with Gasteiger partial charge in [0.15, 0.2) is 0 Å². The first kappa shape index (κ1) is 23.0. The van der Waals surface area contributed by atoms with E-state index in [1.54, 1.807) is 19.2 Å². The molecule has 0 atom stereocenters. The van der Waals surface area contributed by atoms with E-state index in [-0.39, 0.29) is 18.4 Å². The lowest BCUT2D eigenvalue weighted by molar-refractivity contribution is -0.116. The summed E-state index contributed by atoms with van der Waals surface area (Å²) in [5.41, 5.74) is 4.07. The van der Waals surface area contributed by atoms with Crippen molar-refractivity contribution in [3.63, 3.8) is 0 Å². The molecule has 0 spiro atoms. The van der Waals surface area contributed by atoms with Crippen LogP contribution in [0.2, 0.25) is 0 Å². The molecule has 0 fully saturated rings. The second kappa shape index (κ2) is 10.7. The molecule has 3 aromatic carbocycles. The highest BCUT2D eigenvalue weighted by Crippen LogP contribution is 2.23. The fourth-order valence-corrected chi connectivity index (χ4v) is 3.91. The highest BCUT2D eigenvalue weighted by atomic mass is 16.5. The number of nitrogens with one attached hydrogen (secondary N) is 2. The third kappa shape index (κ3) is 5.43. The Bertz CT molecular complexity index is 1310. The van der Waals surface area contributed by atoms with Crippen LogP contribution in [0.25, 0.3) is 11.0 Å². The maximum absolute atomic E-state index is 12.9. The van der Waals surface area contributed by atoms with Crippen LogP contribution in [-0.2, 0) is 17.8 Å². The average Bonchev–Trinajstić information content (AvgIpc) is 3.19. The van der Waals surface area contributed by atoms with Gasteiger partial charge in [-0.1, -0.05) is 42.0 Å². The van der Waals surface area contributed by atoms with Gasteiger partial charge in [0.1, 0.15) is 18.1 Å². The SMILES string of the molecule is COc1ccccc1NC(=O)Cn1c(CCCNC(=O)c2cccc(C)c2)nc2ccccc21. The first-order valence-corrected chi connectivity index (χ1v) is 11.3. The quantitative estimate of drug-likeness (QED) is 0.367. The van der Waals surface area contributed by atoms with Crippen LogP contribution in [0.5, 0.6) is 5.75 Å². The number of hydrogen-bond donors (Lipinski definition) is 2. The Morgan fingerprint density at radius 1 is 1.00 bits per heavy atom. The van der Waals surface area contributed by atoms with Gasteiger partial charge in [-0.25, -0.2) is 4.98 Å². The molecular formula is C27H28N4O3. The summed E-state index contributed by atoms with van der Waals surface area (Å²) in [7, 11) is 1.57. The molecule has 2 amide bonds. The van der Waals surface area contributed by atoms with E-state index in [0.29, 0.717) is 36.4 Å². The van der Waals surface area contributed by atoms with Crippen LogP contribution in [0.4, 0.5) is 5.69 Å². The number of nitrogens with zero attached hydrogens (tertiary/aromatic N) is 2. The van der Waals surface area contributed by atoms with Crippen molar-refractivity contribution in [1.82, 2.24) is 14.9 Å². The largest absolute Gasteiger partial charge is 0.495 e. The zero-order valence-corrected chi connectivity index (χ0v) is 19.4. The number of carbonyl (C=O) groups is 2. The first-order chi connectivity index (χ1) is 16.5. The van der Waals surface area contributed by atoms with Crippen LogP contribution in [0, 0.1) is 6.92 Å². The number of benzene rings is 3. The number of imidazole rings is 1. The highest BCUT2D eigenvalue weighted by molar-refractivity contribution is 5.94. The second-order valence-electron chi connectivity index (χ2n) is 8.08. The van der Waals surface area contributed by atoms with Gasteiger partial charge in [-0.05, 0) is 49.7 Å². The van der Waals surface area contributed by atoms with Crippen molar-refractivity contribution in [2.75, 3.05) is 19.0 Å². The summed E-state index contributed by atoms with van der Waals surface area (Å²) >= 11 is 0. The molecule has 0 radical (unpaired) electrons. The van der Waals surface area contributed by atoms with Crippen molar-refractivity contribution >= 4 is 28.5 Å². The Labute approximate surface area is 198 Å². The van der Waals surface area contributed by atoms with Crippen LogP contribution >= 0.6 is 0 Å². The number of para-hydroxylation sites is 4. The summed E-state index contributed by atoms with van der Waals surface area (Å²) in [4.78, 5) is 30.0. The molecule has 174 valence electrons. The standard InChI is InChI=1S/C27H28N4O3/c1-19-9-7-10-20(17-19)27(33)28-16-8-15-25-29-21-11-3-5-13-23(21)31(25)18-26(32)30-22-12-4-6-14-24(22)34-2/h3-7,9-14,17H,8,15-16,18H2,1-2H3,(H,28,33)(H,30,32). The molecule has 0 aliphatic heterocycles. The fraction of sp³-hybridized carbons (Fsp3) is 0.222. The highest BCUT2D eigenvalue weighted by Gasteiger charge is 2.15. The second-order valence-corrected chi connectivity index (χ2v) is 8.08. The van der Waals surface area contributed by atoms with Gasteiger partial charge >= 0.3 is 0 Å². The van der Waals surface area contributed by atoms with E-state index in [1.807, 2.05) is 72.2 Å². The molecule has 1 heterocycles. The van der Waals surface area contributed by atoms with E-state index >= 15 is 0 Å². The van der Waals surface area contributed by atoms with Gasteiger partial charge in [-0.3, -0.25) is 9.59 Å². The number of carbonyl (C=O) groups excluding carboxylic acids is 2. The zero-order chi connectivity index (χ0) is 23.9. The Morgan fingerprint density at radius 3 is 2.62 bits per heavy atom. The molecule has 0 unspecified atom stereocenters. The topological polar surface area (TPSA) is 85.2 Å². The van der Waals surface area contributed by atoms with Gasteiger partial charge in [-0.15, -0.1) is 0 Å². The lowest BCUT2D eigenvalue weighted by atomic mass is 10.1. The number of fused-ring (bicyclic) bond motifs is 1. The molecular weight excluding hydrogens is 428 g/mol. The molecule has 1 aromatic heterocycles. The summed E-state index contributed by atoms with van der Waals surface area (Å²) < 4.78 is 7.26. The van der Waals surface area contributed by atoms with Crippen molar-refractivity contribution < 1.29 is 14.3 Å². The van der Waals surface area contributed by atoms with Gasteiger partial charge in [0.25, 0.3) is 5.91 Å². The molecule has 34 heavy (non-hydrogen) atoms. The Hall–Kier alpha value is -4.13. The Kier molecular flexibility index (Phi) is 7.22. The first-order valence-electron chi connectivity index (χ1n) is 11.3. The third-order valence-electron chi connectivity index (χ3n) is 5.56. The fourth-order valence-electron chi connectivity index (χ4n) is 3.91. The smallest absolute Gasteiger partial charge is 0.251 e. The van der Waals surface area contributed by atoms with Crippen LogP contribution < -0.4 is 15.4 Å². The lowest BCUT2D eigenvalue weighted by Crippen LogP contribution is -2.25. The summed E-state index contributed by atoms with van der Waals surface area (Å²) in [5, 5.41) is 5.89. The van der Waals surface area contributed by atoms with Crippen molar-refractivity contribution in [3.8, 4) is 5.75 Å². The number of methoxy groups -OCH3 is 1. The van der Waals surface area contributed by atoms with Gasteiger partial charge < -0.3 is 19.9 Å². The van der Waals surface area contributed by atoms with Crippen molar-refractivity contribution in [2.24, 2.45) is 0 Å². The van der Waals surface area contributed by atoms with Crippen molar-refractivity contribution in [1.29, 1.82) is 0 Å². The summed E-state index contributed by atoms with van der Waals surface area (Å²) in [5.74, 6) is 1.16. The number of anilines is 1. The number of rotatable bonds is 9. The van der Waals surface area contributed by atoms with E-state index in [1.165, 1.54) is 0 Å². The number of aromatic nitrogens is 2.